The van der Waals surface area contributed by atoms with Gasteiger partial charge in [-0.15, -0.1) is 22.9 Å². The highest BCUT2D eigenvalue weighted by atomic mass is 35.5. The smallest absolute Gasteiger partial charge is 0.251 e. The fraction of sp³-hybridized carbons (Fsp3) is 0.167. The second kappa shape index (κ2) is 6.83. The monoisotopic (exact) mass is 328 g/mol. The largest absolute Gasteiger partial charge is 0.398 e. The van der Waals surface area contributed by atoms with Gasteiger partial charge in [0.25, 0.3) is 5.12 Å². The van der Waals surface area contributed by atoms with Crippen LogP contribution >= 0.6 is 34.7 Å². The number of alkyl halides is 1. The molecule has 2 aromatic rings. The first-order valence-corrected chi connectivity index (χ1v) is 7.60. The summed E-state index contributed by atoms with van der Waals surface area (Å²) in [5, 5.41) is 2.90. The number of rotatable bonds is 5. The molecular weight excluding hydrogens is 320 g/mol. The van der Waals surface area contributed by atoms with Crippen LogP contribution in [0.15, 0.2) is 33.8 Å². The lowest BCUT2D eigenvalue weighted by molar-refractivity contribution is -0.112. The normalized spacial score (nSPS) is 11.6. The number of nitrogens with zero attached hydrogens (tertiary/aromatic N) is 2. The van der Waals surface area contributed by atoms with E-state index in [-0.39, 0.29) is 11.6 Å². The summed E-state index contributed by atoms with van der Waals surface area (Å²) < 4.78 is 1.51. The van der Waals surface area contributed by atoms with Crippen molar-refractivity contribution in [2.24, 2.45) is 5.16 Å². The SMILES string of the molecule is CO/N=C(\C(=O)CCl)C(=O)Sc1nc2ccccc2s1. The first-order valence-electron chi connectivity index (χ1n) is 5.43. The predicted molar refractivity (Wildman–Crippen MR) is 80.7 cm³/mol. The van der Waals surface area contributed by atoms with Gasteiger partial charge in [0.1, 0.15) is 7.11 Å². The molecule has 104 valence electrons. The first kappa shape index (κ1) is 15.0. The number of aromatic nitrogens is 1. The van der Waals surface area contributed by atoms with Gasteiger partial charge in [-0.25, -0.2) is 4.98 Å². The summed E-state index contributed by atoms with van der Waals surface area (Å²) in [6.45, 7) is 0. The van der Waals surface area contributed by atoms with Crippen LogP contribution in [0.25, 0.3) is 10.2 Å². The minimum absolute atomic E-state index is 0.313. The van der Waals surface area contributed by atoms with Crippen molar-refractivity contribution in [2.45, 2.75) is 4.34 Å². The van der Waals surface area contributed by atoms with E-state index in [9.17, 15) is 9.59 Å². The maximum absolute atomic E-state index is 12.0. The molecule has 1 aromatic carbocycles. The molecule has 0 saturated carbocycles. The van der Waals surface area contributed by atoms with Gasteiger partial charge in [0.15, 0.2) is 4.34 Å². The van der Waals surface area contributed by atoms with Gasteiger partial charge < -0.3 is 4.84 Å². The van der Waals surface area contributed by atoms with Crippen LogP contribution in [0.3, 0.4) is 0 Å². The van der Waals surface area contributed by atoms with Gasteiger partial charge in [-0.2, -0.15) is 0 Å². The van der Waals surface area contributed by atoms with Crippen LogP contribution in [0.5, 0.6) is 0 Å². The molecular formula is C12H9ClN2O3S2. The van der Waals surface area contributed by atoms with Gasteiger partial charge in [0.2, 0.25) is 11.5 Å². The Morgan fingerprint density at radius 2 is 2.20 bits per heavy atom. The van der Waals surface area contributed by atoms with Gasteiger partial charge in [0, 0.05) is 0 Å². The van der Waals surface area contributed by atoms with Gasteiger partial charge in [-0.1, -0.05) is 17.3 Å². The topological polar surface area (TPSA) is 68.6 Å². The molecule has 0 radical (unpaired) electrons. The van der Waals surface area contributed by atoms with E-state index >= 15 is 0 Å². The third kappa shape index (κ3) is 3.36. The third-order valence-electron chi connectivity index (χ3n) is 2.22. The van der Waals surface area contributed by atoms with Crippen LogP contribution in [0.4, 0.5) is 0 Å². The van der Waals surface area contributed by atoms with E-state index in [1.165, 1.54) is 18.4 Å². The average Bonchev–Trinajstić information content (AvgIpc) is 2.85. The molecule has 0 bridgehead atoms. The van der Waals surface area contributed by atoms with Crippen molar-refractivity contribution in [3.05, 3.63) is 24.3 Å². The second-order valence-electron chi connectivity index (χ2n) is 3.52. The number of ketones is 1. The summed E-state index contributed by atoms with van der Waals surface area (Å²) in [7, 11) is 1.26. The van der Waals surface area contributed by atoms with E-state index < -0.39 is 10.9 Å². The minimum Gasteiger partial charge on any atom is -0.398 e. The van der Waals surface area contributed by atoms with Crippen molar-refractivity contribution in [1.82, 2.24) is 4.98 Å². The number of oxime groups is 1. The lowest BCUT2D eigenvalue weighted by atomic mass is 10.3. The van der Waals surface area contributed by atoms with Crippen molar-refractivity contribution in [3.63, 3.8) is 0 Å². The average molecular weight is 329 g/mol. The van der Waals surface area contributed by atoms with E-state index in [0.29, 0.717) is 4.34 Å². The third-order valence-corrected chi connectivity index (χ3v) is 4.43. The number of fused-ring (bicyclic) bond motifs is 1. The summed E-state index contributed by atoms with van der Waals surface area (Å²) in [5.74, 6) is -0.902. The number of halogens is 1. The molecule has 20 heavy (non-hydrogen) atoms. The van der Waals surface area contributed by atoms with Crippen molar-refractivity contribution in [2.75, 3.05) is 13.0 Å². The lowest BCUT2D eigenvalue weighted by Gasteiger charge is -1.99. The molecule has 0 N–H and O–H groups in total. The van der Waals surface area contributed by atoms with Crippen LogP contribution < -0.4 is 0 Å². The molecule has 0 aliphatic rings. The summed E-state index contributed by atoms with van der Waals surface area (Å²) in [5.41, 5.74) is 0.494. The van der Waals surface area contributed by atoms with Gasteiger partial charge in [0.05, 0.1) is 16.1 Å². The molecule has 2 rings (SSSR count). The number of carbonyl (C=O) groups excluding carboxylic acids is 2. The Labute approximate surface area is 128 Å². The van der Waals surface area contributed by atoms with Gasteiger partial charge in [-0.3, -0.25) is 9.59 Å². The lowest BCUT2D eigenvalue weighted by Crippen LogP contribution is -2.23. The molecule has 0 unspecified atom stereocenters. The zero-order chi connectivity index (χ0) is 14.5. The summed E-state index contributed by atoms with van der Waals surface area (Å²) in [4.78, 5) is 32.3. The number of para-hydroxylation sites is 1. The zero-order valence-electron chi connectivity index (χ0n) is 10.3. The van der Waals surface area contributed by atoms with Crippen LogP contribution in [0, 0.1) is 0 Å². The molecule has 0 atom stereocenters. The van der Waals surface area contributed by atoms with E-state index in [1.807, 2.05) is 24.3 Å². The maximum Gasteiger partial charge on any atom is 0.251 e. The Balaban J connectivity index is 2.21. The maximum atomic E-state index is 12.0. The quantitative estimate of drug-likeness (QED) is 0.277. The molecule has 8 heteroatoms. The van der Waals surface area contributed by atoms with Crippen molar-refractivity contribution in [3.8, 4) is 0 Å². The molecule has 0 saturated heterocycles. The molecule has 0 aliphatic heterocycles. The zero-order valence-corrected chi connectivity index (χ0v) is 12.7. The number of Topliss-reactive ketones (excluding diaryl/α,β-unsaturated/α-hetero) is 1. The van der Waals surface area contributed by atoms with Crippen molar-refractivity contribution in [1.29, 1.82) is 0 Å². The Hall–Kier alpha value is -1.44. The second-order valence-corrected chi connectivity index (χ2v) is 6.03. The summed E-state index contributed by atoms with van der Waals surface area (Å²) in [6.07, 6.45) is 0. The van der Waals surface area contributed by atoms with Crippen molar-refractivity contribution < 1.29 is 14.4 Å². The summed E-state index contributed by atoms with van der Waals surface area (Å²) >= 11 is 7.64. The number of hydrogen-bond donors (Lipinski definition) is 0. The molecule has 5 nitrogen and oxygen atoms in total. The van der Waals surface area contributed by atoms with Gasteiger partial charge in [-0.05, 0) is 23.9 Å². The molecule has 0 aliphatic carbocycles. The molecule has 1 heterocycles. The molecule has 0 spiro atoms. The highest BCUT2D eigenvalue weighted by molar-refractivity contribution is 8.17. The Bertz CT molecular complexity index is 651. The number of hydrogen-bond acceptors (Lipinski definition) is 7. The van der Waals surface area contributed by atoms with Crippen molar-refractivity contribution >= 4 is 61.5 Å². The van der Waals surface area contributed by atoms with Crippen LogP contribution in [0.2, 0.25) is 0 Å². The van der Waals surface area contributed by atoms with Gasteiger partial charge >= 0.3 is 0 Å². The van der Waals surface area contributed by atoms with E-state index in [4.69, 9.17) is 11.6 Å². The predicted octanol–water partition coefficient (Wildman–Crippen LogP) is 2.73. The molecule has 0 amide bonds. The minimum atomic E-state index is -0.577. The standard InChI is InChI=1S/C12H9ClN2O3S2/c1-18-15-10(8(16)6-13)11(17)20-12-14-7-4-2-3-5-9(7)19-12/h2-5H,6H2,1H3/b15-10+. The Morgan fingerprint density at radius 3 is 2.85 bits per heavy atom. The number of benzene rings is 1. The fourth-order valence-electron chi connectivity index (χ4n) is 1.38. The fourth-order valence-corrected chi connectivity index (χ4v) is 3.42. The highest BCUT2D eigenvalue weighted by Crippen LogP contribution is 2.30. The number of thioether (sulfide) groups is 1. The molecule has 0 fully saturated rings. The Morgan fingerprint density at radius 1 is 1.45 bits per heavy atom. The van der Waals surface area contributed by atoms with E-state index in [0.717, 1.165) is 22.0 Å². The van der Waals surface area contributed by atoms with E-state index in [1.54, 1.807) is 0 Å². The molecule has 1 aromatic heterocycles. The Kier molecular flexibility index (Phi) is 5.11. The number of carbonyl (C=O) groups is 2. The first-order chi connectivity index (χ1) is 9.65. The van der Waals surface area contributed by atoms with Crippen LogP contribution in [-0.4, -0.2) is 34.6 Å². The summed E-state index contributed by atoms with van der Waals surface area (Å²) in [6, 6.07) is 7.53. The van der Waals surface area contributed by atoms with Crippen LogP contribution in [0.1, 0.15) is 0 Å². The van der Waals surface area contributed by atoms with Crippen LogP contribution in [-0.2, 0) is 14.4 Å². The highest BCUT2D eigenvalue weighted by Gasteiger charge is 2.23. The number of thiazole rings is 1. The van der Waals surface area contributed by atoms with E-state index in [2.05, 4.69) is 15.0 Å².